The van der Waals surface area contributed by atoms with Gasteiger partial charge in [0, 0.05) is 18.7 Å². The first-order chi connectivity index (χ1) is 11.1. The van der Waals surface area contributed by atoms with Gasteiger partial charge in [0.05, 0.1) is 18.7 Å². The van der Waals surface area contributed by atoms with Crippen molar-refractivity contribution in [2.24, 2.45) is 5.10 Å². The monoisotopic (exact) mass is 316 g/mol. The summed E-state index contributed by atoms with van der Waals surface area (Å²) < 4.78 is 0. The molecule has 1 atom stereocenters. The SMILES string of the molecule is C=CCc1cccc(C=NNC(=O)CC2NCCNC2=O)c1O. The van der Waals surface area contributed by atoms with E-state index in [1.165, 1.54) is 6.21 Å². The lowest BCUT2D eigenvalue weighted by atomic mass is 10.1. The number of carbonyl (C=O) groups is 2. The maximum Gasteiger partial charge on any atom is 0.242 e. The molecular weight excluding hydrogens is 296 g/mol. The topological polar surface area (TPSA) is 103 Å². The van der Waals surface area contributed by atoms with Crippen LogP contribution in [0.15, 0.2) is 36.0 Å². The fraction of sp³-hybridized carbons (Fsp3) is 0.312. The van der Waals surface area contributed by atoms with Gasteiger partial charge in [-0.1, -0.05) is 18.2 Å². The van der Waals surface area contributed by atoms with Crippen molar-refractivity contribution in [3.63, 3.8) is 0 Å². The molecule has 1 aliphatic rings. The highest BCUT2D eigenvalue weighted by atomic mass is 16.3. The molecule has 0 bridgehead atoms. The second-order valence-electron chi connectivity index (χ2n) is 5.14. The van der Waals surface area contributed by atoms with Crippen LogP contribution < -0.4 is 16.1 Å². The average molecular weight is 316 g/mol. The highest BCUT2D eigenvalue weighted by Crippen LogP contribution is 2.21. The van der Waals surface area contributed by atoms with Gasteiger partial charge in [0.2, 0.25) is 11.8 Å². The van der Waals surface area contributed by atoms with Crippen LogP contribution in [0.4, 0.5) is 0 Å². The summed E-state index contributed by atoms with van der Waals surface area (Å²) >= 11 is 0. The number of allylic oxidation sites excluding steroid dienone is 1. The summed E-state index contributed by atoms with van der Waals surface area (Å²) in [5.74, 6) is -0.457. The van der Waals surface area contributed by atoms with Crippen molar-refractivity contribution < 1.29 is 14.7 Å². The molecule has 0 aliphatic carbocycles. The van der Waals surface area contributed by atoms with E-state index in [-0.39, 0.29) is 24.0 Å². The predicted molar refractivity (Wildman–Crippen MR) is 87.2 cm³/mol. The zero-order valence-electron chi connectivity index (χ0n) is 12.7. The summed E-state index contributed by atoms with van der Waals surface area (Å²) in [6.07, 6.45) is 3.61. The van der Waals surface area contributed by atoms with E-state index in [2.05, 4.69) is 27.7 Å². The number of para-hydroxylation sites is 1. The van der Waals surface area contributed by atoms with Gasteiger partial charge in [-0.3, -0.25) is 9.59 Å². The summed E-state index contributed by atoms with van der Waals surface area (Å²) in [5.41, 5.74) is 3.59. The standard InChI is InChI=1S/C16H20N4O3/c1-2-4-11-5-3-6-12(15(11)22)10-19-20-14(21)9-13-16(23)18-8-7-17-13/h2-3,5-6,10,13,17,22H,1,4,7-9H2,(H,18,23)(H,20,21). The molecule has 0 saturated carbocycles. The number of benzene rings is 1. The van der Waals surface area contributed by atoms with Gasteiger partial charge in [-0.25, -0.2) is 5.43 Å². The first-order valence-electron chi connectivity index (χ1n) is 7.36. The van der Waals surface area contributed by atoms with Gasteiger partial charge in [-0.2, -0.15) is 5.10 Å². The number of nitrogens with one attached hydrogen (secondary N) is 3. The minimum atomic E-state index is -0.539. The van der Waals surface area contributed by atoms with Crippen LogP contribution in [0.3, 0.4) is 0 Å². The summed E-state index contributed by atoms with van der Waals surface area (Å²) in [6.45, 7) is 4.83. The third-order valence-corrected chi connectivity index (χ3v) is 3.43. The minimum absolute atomic E-state index is 0.00561. The van der Waals surface area contributed by atoms with Crippen molar-refractivity contribution in [2.75, 3.05) is 13.1 Å². The molecule has 1 aliphatic heterocycles. The van der Waals surface area contributed by atoms with Crippen molar-refractivity contribution in [2.45, 2.75) is 18.9 Å². The molecular formula is C16H20N4O3. The van der Waals surface area contributed by atoms with Gasteiger partial charge in [-0.05, 0) is 18.1 Å². The maximum absolute atomic E-state index is 11.8. The van der Waals surface area contributed by atoms with Crippen molar-refractivity contribution in [3.05, 3.63) is 42.0 Å². The van der Waals surface area contributed by atoms with Gasteiger partial charge in [-0.15, -0.1) is 6.58 Å². The van der Waals surface area contributed by atoms with E-state index in [0.717, 1.165) is 5.56 Å². The van der Waals surface area contributed by atoms with Crippen molar-refractivity contribution >= 4 is 18.0 Å². The Balaban J connectivity index is 1.91. The van der Waals surface area contributed by atoms with E-state index in [9.17, 15) is 14.7 Å². The van der Waals surface area contributed by atoms with Gasteiger partial charge < -0.3 is 15.7 Å². The quantitative estimate of drug-likeness (QED) is 0.338. The van der Waals surface area contributed by atoms with Crippen molar-refractivity contribution in [3.8, 4) is 5.75 Å². The number of piperazine rings is 1. The number of hydrazone groups is 1. The Kier molecular flexibility index (Phi) is 5.87. The normalized spacial score (nSPS) is 17.7. The number of nitrogens with zero attached hydrogens (tertiary/aromatic N) is 1. The smallest absolute Gasteiger partial charge is 0.242 e. The molecule has 7 nitrogen and oxygen atoms in total. The highest BCUT2D eigenvalue weighted by Gasteiger charge is 2.23. The first-order valence-corrected chi connectivity index (χ1v) is 7.36. The zero-order valence-corrected chi connectivity index (χ0v) is 12.7. The average Bonchev–Trinajstić information content (AvgIpc) is 2.53. The largest absolute Gasteiger partial charge is 0.507 e. The zero-order chi connectivity index (χ0) is 16.7. The number of hydrogen-bond acceptors (Lipinski definition) is 5. The second kappa shape index (κ2) is 8.09. The summed E-state index contributed by atoms with van der Waals surface area (Å²) in [7, 11) is 0. The molecule has 0 spiro atoms. The van der Waals surface area contributed by atoms with E-state index in [1.54, 1.807) is 24.3 Å². The van der Waals surface area contributed by atoms with E-state index in [4.69, 9.17) is 0 Å². The van der Waals surface area contributed by atoms with Crippen LogP contribution in [-0.4, -0.2) is 42.3 Å². The molecule has 7 heteroatoms. The second-order valence-corrected chi connectivity index (χ2v) is 5.14. The maximum atomic E-state index is 11.8. The molecule has 2 amide bonds. The molecule has 1 unspecified atom stereocenters. The number of phenolic OH excluding ortho intramolecular Hbond substituents is 1. The van der Waals surface area contributed by atoms with Crippen LogP contribution >= 0.6 is 0 Å². The van der Waals surface area contributed by atoms with Gasteiger partial charge >= 0.3 is 0 Å². The molecule has 23 heavy (non-hydrogen) atoms. The van der Waals surface area contributed by atoms with Gasteiger partial charge in [0.15, 0.2) is 0 Å². The molecule has 1 fully saturated rings. The Morgan fingerprint density at radius 3 is 3.04 bits per heavy atom. The molecule has 2 rings (SSSR count). The number of rotatable bonds is 6. The number of phenols is 1. The Hall–Kier alpha value is -2.67. The summed E-state index contributed by atoms with van der Waals surface area (Å²) in [4.78, 5) is 23.3. The Morgan fingerprint density at radius 2 is 2.30 bits per heavy atom. The van der Waals surface area contributed by atoms with Crippen LogP contribution in [0.1, 0.15) is 17.5 Å². The van der Waals surface area contributed by atoms with Gasteiger partial charge in [0.1, 0.15) is 5.75 Å². The van der Waals surface area contributed by atoms with Crippen molar-refractivity contribution in [1.29, 1.82) is 0 Å². The Morgan fingerprint density at radius 1 is 1.48 bits per heavy atom. The molecule has 1 heterocycles. The highest BCUT2D eigenvalue weighted by molar-refractivity contribution is 5.90. The van der Waals surface area contributed by atoms with E-state index < -0.39 is 6.04 Å². The summed E-state index contributed by atoms with van der Waals surface area (Å²) in [6, 6.07) is 4.73. The molecule has 1 saturated heterocycles. The van der Waals surface area contributed by atoms with Crippen LogP contribution in [0.5, 0.6) is 5.75 Å². The molecule has 1 aromatic rings. The molecule has 0 aromatic heterocycles. The number of carbonyl (C=O) groups excluding carboxylic acids is 2. The number of amides is 2. The van der Waals surface area contributed by atoms with Crippen LogP contribution in [0.25, 0.3) is 0 Å². The lowest BCUT2D eigenvalue weighted by Gasteiger charge is -2.22. The number of hydrogen-bond donors (Lipinski definition) is 4. The Labute approximate surface area is 134 Å². The van der Waals surface area contributed by atoms with Crippen LogP contribution in [-0.2, 0) is 16.0 Å². The lowest BCUT2D eigenvalue weighted by molar-refractivity contribution is -0.129. The first kappa shape index (κ1) is 16.7. The van der Waals surface area contributed by atoms with E-state index in [1.807, 2.05) is 0 Å². The third-order valence-electron chi connectivity index (χ3n) is 3.43. The van der Waals surface area contributed by atoms with Crippen LogP contribution in [0, 0.1) is 0 Å². The van der Waals surface area contributed by atoms with Gasteiger partial charge in [0.25, 0.3) is 0 Å². The third kappa shape index (κ3) is 4.65. The minimum Gasteiger partial charge on any atom is -0.507 e. The molecule has 122 valence electrons. The molecule has 4 N–H and O–H groups in total. The fourth-order valence-corrected chi connectivity index (χ4v) is 2.25. The summed E-state index contributed by atoms with van der Waals surface area (Å²) in [5, 5.41) is 19.5. The fourth-order valence-electron chi connectivity index (χ4n) is 2.25. The number of aromatic hydroxyl groups is 1. The van der Waals surface area contributed by atoms with E-state index >= 15 is 0 Å². The Bertz CT molecular complexity index is 628. The van der Waals surface area contributed by atoms with E-state index in [0.29, 0.717) is 25.1 Å². The molecule has 0 radical (unpaired) electrons. The van der Waals surface area contributed by atoms with Crippen LogP contribution in [0.2, 0.25) is 0 Å². The predicted octanol–water partition coefficient (Wildman–Crippen LogP) is 0.0489. The lowest BCUT2D eigenvalue weighted by Crippen LogP contribution is -2.54. The molecule has 1 aromatic carbocycles. The van der Waals surface area contributed by atoms with Crippen molar-refractivity contribution in [1.82, 2.24) is 16.1 Å².